The molecule has 14 heteroatoms. The molecular weight excluding hydrogens is 452 g/mol. The van der Waals surface area contributed by atoms with Crippen molar-refractivity contribution >= 4 is 35.6 Å². The van der Waals surface area contributed by atoms with Crippen LogP contribution < -0.4 is 27.8 Å². The number of carboxylic acids is 2. The lowest BCUT2D eigenvalue weighted by Gasteiger charge is -2.28. The molecule has 1 heterocycles. The van der Waals surface area contributed by atoms with Crippen molar-refractivity contribution in [2.45, 2.75) is 75.5 Å². The number of nitrogens with one attached hydrogen (secondary N) is 2. The highest BCUT2D eigenvalue weighted by molar-refractivity contribution is 5.95. The number of carbonyl (C=O) groups is 6. The van der Waals surface area contributed by atoms with Crippen LogP contribution in [0, 0.1) is 0 Å². The molecule has 0 aromatic carbocycles. The quantitative estimate of drug-likeness (QED) is 0.117. The molecular formula is C20H34N6O8. The summed E-state index contributed by atoms with van der Waals surface area (Å²) in [5, 5.41) is 22.5. The molecule has 0 aromatic heterocycles. The molecule has 0 aromatic rings. The van der Waals surface area contributed by atoms with Gasteiger partial charge < -0.3 is 42.9 Å². The van der Waals surface area contributed by atoms with Crippen LogP contribution in [0.3, 0.4) is 0 Å². The molecule has 1 rings (SSSR count). The standard InChI is InChI=1S/C20H34N6O8/c21-8-2-1-4-11(22)19(32)26-9-3-5-14(26)18(31)24-12(6-7-15(23)27)17(30)25-13(20(33)34)10-16(28)29/h11-14H,1-10,21-22H2,(H2,23,27)(H,24,31)(H,25,30)(H,28,29)(H,33,34). The monoisotopic (exact) mass is 486 g/mol. The lowest BCUT2D eigenvalue weighted by Crippen LogP contribution is -2.56. The first-order valence-electron chi connectivity index (χ1n) is 11.1. The van der Waals surface area contributed by atoms with Crippen LogP contribution in [0.4, 0.5) is 0 Å². The fourth-order valence-corrected chi connectivity index (χ4v) is 3.62. The highest BCUT2D eigenvalue weighted by atomic mass is 16.4. The van der Waals surface area contributed by atoms with Crippen molar-refractivity contribution < 1.29 is 39.0 Å². The number of aliphatic carboxylic acids is 2. The maximum absolute atomic E-state index is 12.9. The topological polar surface area (TPSA) is 248 Å². The van der Waals surface area contributed by atoms with Gasteiger partial charge in [0.15, 0.2) is 0 Å². The summed E-state index contributed by atoms with van der Waals surface area (Å²) in [6.07, 6.45) is 1.21. The molecule has 34 heavy (non-hydrogen) atoms. The summed E-state index contributed by atoms with van der Waals surface area (Å²) in [5.41, 5.74) is 16.5. The number of rotatable bonds is 15. The highest BCUT2D eigenvalue weighted by Crippen LogP contribution is 2.20. The molecule has 0 bridgehead atoms. The van der Waals surface area contributed by atoms with Crippen molar-refractivity contribution in [1.82, 2.24) is 15.5 Å². The minimum absolute atomic E-state index is 0.244. The summed E-state index contributed by atoms with van der Waals surface area (Å²) in [4.78, 5) is 73.0. The predicted octanol–water partition coefficient (Wildman–Crippen LogP) is -2.77. The average Bonchev–Trinajstić information content (AvgIpc) is 3.24. The van der Waals surface area contributed by atoms with Crippen LogP contribution >= 0.6 is 0 Å². The van der Waals surface area contributed by atoms with E-state index >= 15 is 0 Å². The second-order valence-corrected chi connectivity index (χ2v) is 8.14. The zero-order chi connectivity index (χ0) is 25.8. The fraction of sp³-hybridized carbons (Fsp3) is 0.700. The second kappa shape index (κ2) is 14.1. The fourth-order valence-electron chi connectivity index (χ4n) is 3.62. The van der Waals surface area contributed by atoms with E-state index in [0.29, 0.717) is 45.2 Å². The molecule has 1 aliphatic rings. The number of hydrogen-bond donors (Lipinski definition) is 7. The highest BCUT2D eigenvalue weighted by Gasteiger charge is 2.38. The molecule has 10 N–H and O–H groups in total. The number of likely N-dealkylation sites (tertiary alicyclic amines) is 1. The second-order valence-electron chi connectivity index (χ2n) is 8.14. The van der Waals surface area contributed by atoms with Crippen molar-refractivity contribution in [2.24, 2.45) is 17.2 Å². The SMILES string of the molecule is NCCCCC(N)C(=O)N1CCCC1C(=O)NC(CCC(N)=O)C(=O)NC(CC(=O)O)C(=O)O. The van der Waals surface area contributed by atoms with Crippen LogP contribution in [0.2, 0.25) is 0 Å². The summed E-state index contributed by atoms with van der Waals surface area (Å²) in [5.74, 6) is -5.85. The number of carboxylic acid groups (broad SMARTS) is 2. The van der Waals surface area contributed by atoms with Crippen LogP contribution in [0.15, 0.2) is 0 Å². The Morgan fingerprint density at radius 1 is 1.00 bits per heavy atom. The van der Waals surface area contributed by atoms with Crippen molar-refractivity contribution in [3.63, 3.8) is 0 Å². The average molecular weight is 487 g/mol. The largest absolute Gasteiger partial charge is 0.481 e. The summed E-state index contributed by atoms with van der Waals surface area (Å²) >= 11 is 0. The first-order valence-corrected chi connectivity index (χ1v) is 11.1. The zero-order valence-electron chi connectivity index (χ0n) is 18.9. The Balaban J connectivity index is 2.91. The molecule has 4 amide bonds. The van der Waals surface area contributed by atoms with Crippen LogP contribution in [0.1, 0.15) is 51.4 Å². The van der Waals surface area contributed by atoms with Crippen molar-refractivity contribution in [2.75, 3.05) is 13.1 Å². The van der Waals surface area contributed by atoms with Crippen LogP contribution in [0.25, 0.3) is 0 Å². The third-order valence-corrected chi connectivity index (χ3v) is 5.43. The van der Waals surface area contributed by atoms with Crippen molar-refractivity contribution in [3.05, 3.63) is 0 Å². The molecule has 4 unspecified atom stereocenters. The molecule has 14 nitrogen and oxygen atoms in total. The first-order chi connectivity index (χ1) is 16.0. The lowest BCUT2D eigenvalue weighted by atomic mass is 10.1. The van der Waals surface area contributed by atoms with Gasteiger partial charge in [-0.05, 0) is 38.6 Å². The summed E-state index contributed by atoms with van der Waals surface area (Å²) in [6.45, 7) is 0.777. The number of carbonyl (C=O) groups excluding carboxylic acids is 4. The number of nitrogens with zero attached hydrogens (tertiary/aromatic N) is 1. The van der Waals surface area contributed by atoms with Crippen LogP contribution in [-0.2, 0) is 28.8 Å². The predicted molar refractivity (Wildman–Crippen MR) is 118 cm³/mol. The van der Waals surface area contributed by atoms with E-state index in [-0.39, 0.29) is 12.8 Å². The molecule has 0 saturated carbocycles. The maximum Gasteiger partial charge on any atom is 0.326 e. The molecule has 0 aliphatic carbocycles. The van der Waals surface area contributed by atoms with Gasteiger partial charge in [0.1, 0.15) is 18.1 Å². The Bertz CT molecular complexity index is 776. The van der Waals surface area contributed by atoms with E-state index in [4.69, 9.17) is 27.4 Å². The molecule has 4 atom stereocenters. The zero-order valence-corrected chi connectivity index (χ0v) is 18.9. The van der Waals surface area contributed by atoms with Gasteiger partial charge in [0.05, 0.1) is 12.5 Å². The van der Waals surface area contributed by atoms with E-state index in [2.05, 4.69) is 10.6 Å². The normalized spacial score (nSPS) is 17.9. The molecule has 1 fully saturated rings. The van der Waals surface area contributed by atoms with E-state index in [9.17, 15) is 28.8 Å². The summed E-state index contributed by atoms with van der Waals surface area (Å²) < 4.78 is 0. The Kier molecular flexibility index (Phi) is 11.9. The van der Waals surface area contributed by atoms with E-state index in [1.165, 1.54) is 4.90 Å². The Morgan fingerprint density at radius 3 is 2.24 bits per heavy atom. The molecule has 192 valence electrons. The number of hydrogen-bond acceptors (Lipinski definition) is 8. The van der Waals surface area contributed by atoms with E-state index in [0.717, 1.165) is 0 Å². The summed E-state index contributed by atoms with van der Waals surface area (Å²) in [6, 6.07) is -4.81. The third kappa shape index (κ3) is 9.31. The molecule has 1 saturated heterocycles. The number of nitrogens with two attached hydrogens (primary N) is 3. The molecule has 1 aliphatic heterocycles. The van der Waals surface area contributed by atoms with Gasteiger partial charge in [-0.15, -0.1) is 0 Å². The minimum Gasteiger partial charge on any atom is -0.481 e. The van der Waals surface area contributed by atoms with Crippen molar-refractivity contribution in [3.8, 4) is 0 Å². The number of primary amides is 1. The number of unbranched alkanes of at least 4 members (excludes halogenated alkanes) is 1. The maximum atomic E-state index is 12.9. The smallest absolute Gasteiger partial charge is 0.326 e. The van der Waals surface area contributed by atoms with Gasteiger partial charge in [-0.25, -0.2) is 4.79 Å². The Morgan fingerprint density at radius 2 is 1.68 bits per heavy atom. The van der Waals surface area contributed by atoms with Crippen LogP contribution in [-0.4, -0.2) is 87.9 Å². The van der Waals surface area contributed by atoms with Gasteiger partial charge in [-0.1, -0.05) is 6.42 Å². The van der Waals surface area contributed by atoms with Gasteiger partial charge in [-0.2, -0.15) is 0 Å². The minimum atomic E-state index is -1.74. The Labute approximate surface area is 196 Å². The van der Waals surface area contributed by atoms with E-state index in [1.807, 2.05) is 0 Å². The van der Waals surface area contributed by atoms with Gasteiger partial charge in [-0.3, -0.25) is 24.0 Å². The Hall–Kier alpha value is -3.26. The van der Waals surface area contributed by atoms with Gasteiger partial charge in [0.2, 0.25) is 23.6 Å². The van der Waals surface area contributed by atoms with Gasteiger partial charge in [0.25, 0.3) is 0 Å². The lowest BCUT2D eigenvalue weighted by molar-refractivity contribution is -0.147. The van der Waals surface area contributed by atoms with E-state index < -0.39 is 66.2 Å². The van der Waals surface area contributed by atoms with E-state index in [1.54, 1.807) is 0 Å². The molecule has 0 radical (unpaired) electrons. The van der Waals surface area contributed by atoms with Gasteiger partial charge >= 0.3 is 11.9 Å². The molecule has 0 spiro atoms. The van der Waals surface area contributed by atoms with Crippen LogP contribution in [0.5, 0.6) is 0 Å². The first kappa shape index (κ1) is 28.8. The summed E-state index contributed by atoms with van der Waals surface area (Å²) in [7, 11) is 0. The van der Waals surface area contributed by atoms with Gasteiger partial charge in [0, 0.05) is 13.0 Å². The van der Waals surface area contributed by atoms with Crippen molar-refractivity contribution in [1.29, 1.82) is 0 Å². The number of amides is 4. The third-order valence-electron chi connectivity index (χ3n) is 5.43.